The van der Waals surface area contributed by atoms with Gasteiger partial charge in [-0.1, -0.05) is 13.0 Å². The highest BCUT2D eigenvalue weighted by Crippen LogP contribution is 2.29. The average molecular weight is 233 g/mol. The van der Waals surface area contributed by atoms with Crippen molar-refractivity contribution in [2.75, 3.05) is 14.1 Å². The fraction of sp³-hybridized carbons (Fsp3) is 0.462. The number of phenolic OH excluding ortho intramolecular Hbond substituents is 1. The lowest BCUT2D eigenvalue weighted by molar-refractivity contribution is 0.387. The lowest BCUT2D eigenvalue weighted by atomic mass is 10.1. The molecule has 92 valence electrons. The first kappa shape index (κ1) is 11.9. The molecule has 0 spiro atoms. The van der Waals surface area contributed by atoms with Crippen LogP contribution in [0.2, 0.25) is 0 Å². The minimum absolute atomic E-state index is 0.312. The Kier molecular flexibility index (Phi) is 3.07. The maximum atomic E-state index is 10.2. The van der Waals surface area contributed by atoms with E-state index in [1.165, 1.54) is 0 Å². The molecule has 0 atom stereocenters. The molecule has 17 heavy (non-hydrogen) atoms. The molecule has 0 amide bonds. The van der Waals surface area contributed by atoms with E-state index >= 15 is 0 Å². The second-order valence-electron chi connectivity index (χ2n) is 4.62. The number of aromatic nitrogens is 2. The van der Waals surface area contributed by atoms with Crippen LogP contribution >= 0.6 is 0 Å². The van der Waals surface area contributed by atoms with Crippen LogP contribution < -0.4 is 0 Å². The lowest BCUT2D eigenvalue weighted by Crippen LogP contribution is -2.10. The summed E-state index contributed by atoms with van der Waals surface area (Å²) >= 11 is 0. The van der Waals surface area contributed by atoms with Gasteiger partial charge in [0.1, 0.15) is 17.1 Å². The molecule has 0 radical (unpaired) electrons. The van der Waals surface area contributed by atoms with Crippen LogP contribution in [0.5, 0.6) is 5.75 Å². The Morgan fingerprint density at radius 1 is 1.35 bits per heavy atom. The van der Waals surface area contributed by atoms with E-state index in [-0.39, 0.29) is 0 Å². The summed E-state index contributed by atoms with van der Waals surface area (Å²) in [6.07, 6.45) is 0.869. The van der Waals surface area contributed by atoms with Crippen molar-refractivity contribution in [2.24, 2.45) is 7.05 Å². The van der Waals surface area contributed by atoms with Gasteiger partial charge in [-0.3, -0.25) is 0 Å². The number of imidazole rings is 1. The summed E-state index contributed by atoms with van der Waals surface area (Å²) in [6.45, 7) is 2.79. The minimum atomic E-state index is 0.312. The molecular formula is C13H19N3O. The third-order valence-corrected chi connectivity index (χ3v) is 3.01. The van der Waals surface area contributed by atoms with Gasteiger partial charge in [0.15, 0.2) is 0 Å². The number of fused-ring (bicyclic) bond motifs is 1. The number of benzene rings is 1. The van der Waals surface area contributed by atoms with Gasteiger partial charge in [0.05, 0.1) is 5.52 Å². The number of rotatable bonds is 3. The summed E-state index contributed by atoms with van der Waals surface area (Å²) in [5, 5.41) is 10.2. The van der Waals surface area contributed by atoms with Gasteiger partial charge in [0.2, 0.25) is 0 Å². The van der Waals surface area contributed by atoms with Crippen LogP contribution in [0.25, 0.3) is 11.0 Å². The number of nitrogens with zero attached hydrogens (tertiary/aromatic N) is 3. The molecule has 0 saturated carbocycles. The Morgan fingerprint density at radius 3 is 2.65 bits per heavy atom. The molecule has 2 aromatic rings. The van der Waals surface area contributed by atoms with E-state index in [0.29, 0.717) is 11.3 Å². The summed E-state index contributed by atoms with van der Waals surface area (Å²) in [7, 11) is 5.96. The summed E-state index contributed by atoms with van der Waals surface area (Å²) in [5.74, 6) is 1.31. The Balaban J connectivity index is 2.59. The summed E-state index contributed by atoms with van der Waals surface area (Å²) in [6, 6.07) is 4.00. The molecule has 4 nitrogen and oxygen atoms in total. The maximum absolute atomic E-state index is 10.2. The summed E-state index contributed by atoms with van der Waals surface area (Å²) < 4.78 is 2.04. The fourth-order valence-corrected chi connectivity index (χ4v) is 2.12. The standard InChI is InChI=1S/C13H19N3O/c1-5-11-14-12-10(16(11)4)7-6-9(13(12)17)8-15(2)3/h6-7,17H,5,8H2,1-4H3. The molecular weight excluding hydrogens is 214 g/mol. The molecule has 1 aromatic heterocycles. The zero-order valence-electron chi connectivity index (χ0n) is 10.9. The van der Waals surface area contributed by atoms with Gasteiger partial charge in [0, 0.05) is 25.6 Å². The number of hydrogen-bond donors (Lipinski definition) is 1. The first-order valence-electron chi connectivity index (χ1n) is 5.85. The van der Waals surface area contributed by atoms with E-state index in [0.717, 1.165) is 29.9 Å². The van der Waals surface area contributed by atoms with E-state index in [1.807, 2.05) is 42.7 Å². The Hall–Kier alpha value is -1.55. The fourth-order valence-electron chi connectivity index (χ4n) is 2.12. The molecule has 4 heteroatoms. The highest BCUT2D eigenvalue weighted by Gasteiger charge is 2.13. The van der Waals surface area contributed by atoms with E-state index in [4.69, 9.17) is 0 Å². The maximum Gasteiger partial charge on any atom is 0.147 e. The van der Waals surface area contributed by atoms with Crippen LogP contribution in [0.3, 0.4) is 0 Å². The molecule has 2 rings (SSSR count). The van der Waals surface area contributed by atoms with Crippen molar-refractivity contribution < 1.29 is 5.11 Å². The molecule has 1 N–H and O–H groups in total. The largest absolute Gasteiger partial charge is 0.505 e. The Bertz CT molecular complexity index is 543. The van der Waals surface area contributed by atoms with Crippen LogP contribution in [0.1, 0.15) is 18.3 Å². The summed E-state index contributed by atoms with van der Waals surface area (Å²) in [5.41, 5.74) is 2.62. The van der Waals surface area contributed by atoms with Crippen molar-refractivity contribution in [1.29, 1.82) is 0 Å². The van der Waals surface area contributed by atoms with E-state index < -0.39 is 0 Å². The van der Waals surface area contributed by atoms with Crippen LogP contribution in [-0.4, -0.2) is 33.7 Å². The molecule has 0 aliphatic carbocycles. The molecule has 0 aliphatic heterocycles. The molecule has 0 aliphatic rings. The zero-order valence-corrected chi connectivity index (χ0v) is 10.9. The van der Waals surface area contributed by atoms with Crippen molar-refractivity contribution in [2.45, 2.75) is 19.9 Å². The van der Waals surface area contributed by atoms with Gasteiger partial charge in [-0.15, -0.1) is 0 Å². The van der Waals surface area contributed by atoms with Gasteiger partial charge in [-0.25, -0.2) is 4.98 Å². The third-order valence-electron chi connectivity index (χ3n) is 3.01. The van der Waals surface area contributed by atoms with Crippen LogP contribution in [0.15, 0.2) is 12.1 Å². The van der Waals surface area contributed by atoms with Crippen LogP contribution in [0, 0.1) is 0 Å². The first-order valence-corrected chi connectivity index (χ1v) is 5.85. The van der Waals surface area contributed by atoms with Crippen molar-refractivity contribution in [3.63, 3.8) is 0 Å². The normalized spacial score (nSPS) is 11.6. The third kappa shape index (κ3) is 2.00. The van der Waals surface area contributed by atoms with Crippen molar-refractivity contribution in [3.05, 3.63) is 23.5 Å². The topological polar surface area (TPSA) is 41.3 Å². The molecule has 1 aromatic carbocycles. The van der Waals surface area contributed by atoms with Gasteiger partial charge < -0.3 is 14.6 Å². The number of aromatic hydroxyl groups is 1. The Morgan fingerprint density at radius 2 is 2.06 bits per heavy atom. The highest BCUT2D eigenvalue weighted by atomic mass is 16.3. The van der Waals surface area contributed by atoms with Gasteiger partial charge >= 0.3 is 0 Å². The van der Waals surface area contributed by atoms with Gasteiger partial charge in [-0.2, -0.15) is 0 Å². The predicted octanol–water partition coefficient (Wildman–Crippen LogP) is 1.90. The SMILES string of the molecule is CCc1nc2c(O)c(CN(C)C)ccc2n1C. The van der Waals surface area contributed by atoms with E-state index in [1.54, 1.807) is 0 Å². The Labute approximate surface area is 101 Å². The highest BCUT2D eigenvalue weighted by molar-refractivity contribution is 5.83. The minimum Gasteiger partial charge on any atom is -0.505 e. The molecule has 0 saturated heterocycles. The van der Waals surface area contributed by atoms with Crippen molar-refractivity contribution in [3.8, 4) is 5.75 Å². The molecule has 0 fully saturated rings. The smallest absolute Gasteiger partial charge is 0.147 e. The molecule has 0 bridgehead atoms. The van der Waals surface area contributed by atoms with Crippen LogP contribution in [-0.2, 0) is 20.0 Å². The van der Waals surface area contributed by atoms with Crippen molar-refractivity contribution >= 4 is 11.0 Å². The van der Waals surface area contributed by atoms with E-state index in [2.05, 4.69) is 11.9 Å². The second-order valence-corrected chi connectivity index (χ2v) is 4.62. The van der Waals surface area contributed by atoms with Gasteiger partial charge in [-0.05, 0) is 20.2 Å². The quantitative estimate of drug-likeness (QED) is 0.880. The number of hydrogen-bond acceptors (Lipinski definition) is 3. The lowest BCUT2D eigenvalue weighted by Gasteiger charge is -2.11. The summed E-state index contributed by atoms with van der Waals surface area (Å²) in [4.78, 5) is 6.52. The zero-order chi connectivity index (χ0) is 12.6. The van der Waals surface area contributed by atoms with E-state index in [9.17, 15) is 5.11 Å². The number of aryl methyl sites for hydroxylation is 2. The van der Waals surface area contributed by atoms with Crippen molar-refractivity contribution in [1.82, 2.24) is 14.5 Å². The predicted molar refractivity (Wildman–Crippen MR) is 69.1 cm³/mol. The number of phenols is 1. The van der Waals surface area contributed by atoms with Crippen LogP contribution in [0.4, 0.5) is 0 Å². The second kappa shape index (κ2) is 4.37. The monoisotopic (exact) mass is 233 g/mol. The molecule has 0 unspecified atom stereocenters. The average Bonchev–Trinajstić information content (AvgIpc) is 2.60. The van der Waals surface area contributed by atoms with Gasteiger partial charge in [0.25, 0.3) is 0 Å². The molecule has 1 heterocycles. The first-order chi connectivity index (χ1) is 8.04.